The third-order valence-corrected chi connectivity index (χ3v) is 4.80. The normalized spacial score (nSPS) is 25.7. The number of hydrogen-bond donors (Lipinski definition) is 2. The molecule has 2 atom stereocenters. The van der Waals surface area contributed by atoms with Crippen molar-refractivity contribution >= 4 is 11.9 Å². The smallest absolute Gasteiger partial charge is 0.330 e. The first kappa shape index (κ1) is 17.5. The highest BCUT2D eigenvalue weighted by Crippen LogP contribution is 2.51. The molecule has 1 fully saturated rings. The van der Waals surface area contributed by atoms with Gasteiger partial charge in [-0.25, -0.2) is 4.79 Å². The minimum Gasteiger partial charge on any atom is -0.479 e. The van der Waals surface area contributed by atoms with E-state index in [1.54, 1.807) is 10.9 Å². The summed E-state index contributed by atoms with van der Waals surface area (Å²) < 4.78 is 7.27. The second-order valence-corrected chi connectivity index (χ2v) is 6.53. The van der Waals surface area contributed by atoms with Gasteiger partial charge in [0.05, 0.1) is 17.9 Å². The number of ether oxygens (including phenoxy) is 1. The largest absolute Gasteiger partial charge is 0.479 e. The molecule has 23 heavy (non-hydrogen) atoms. The van der Waals surface area contributed by atoms with Crippen molar-refractivity contribution in [2.24, 2.45) is 5.41 Å². The molecule has 7 nitrogen and oxygen atoms in total. The maximum Gasteiger partial charge on any atom is 0.330 e. The highest BCUT2D eigenvalue weighted by molar-refractivity contribution is 5.98. The Bertz CT molecular complexity index is 596. The monoisotopic (exact) mass is 323 g/mol. The van der Waals surface area contributed by atoms with Gasteiger partial charge in [0, 0.05) is 31.2 Å². The van der Waals surface area contributed by atoms with Crippen molar-refractivity contribution in [2.75, 3.05) is 6.61 Å². The van der Waals surface area contributed by atoms with E-state index in [1.165, 1.54) is 6.20 Å². The summed E-state index contributed by atoms with van der Waals surface area (Å²) >= 11 is 0. The average Bonchev–Trinajstić information content (AvgIpc) is 2.94. The van der Waals surface area contributed by atoms with E-state index in [1.807, 2.05) is 27.7 Å². The van der Waals surface area contributed by atoms with E-state index in [0.717, 1.165) is 13.0 Å². The van der Waals surface area contributed by atoms with Gasteiger partial charge in [0.15, 0.2) is 0 Å². The van der Waals surface area contributed by atoms with Crippen LogP contribution >= 0.6 is 0 Å². The fraction of sp³-hybridized carbons (Fsp3) is 0.688. The summed E-state index contributed by atoms with van der Waals surface area (Å²) in [7, 11) is 0. The Morgan fingerprint density at radius 3 is 2.70 bits per heavy atom. The second kappa shape index (κ2) is 6.31. The van der Waals surface area contributed by atoms with Gasteiger partial charge in [-0.1, -0.05) is 20.8 Å². The zero-order chi connectivity index (χ0) is 17.3. The van der Waals surface area contributed by atoms with Crippen LogP contribution in [0.2, 0.25) is 0 Å². The molecule has 1 amide bonds. The van der Waals surface area contributed by atoms with Gasteiger partial charge in [-0.05, 0) is 13.3 Å². The van der Waals surface area contributed by atoms with Crippen LogP contribution in [0.15, 0.2) is 12.4 Å². The van der Waals surface area contributed by atoms with Gasteiger partial charge in [-0.2, -0.15) is 5.10 Å². The lowest BCUT2D eigenvalue weighted by molar-refractivity contribution is -0.190. The number of carbonyl (C=O) groups excluding carboxylic acids is 1. The number of carboxylic acids is 1. The molecule has 0 radical (unpaired) electrons. The molecule has 1 saturated carbocycles. The van der Waals surface area contributed by atoms with Crippen LogP contribution in [0.5, 0.6) is 0 Å². The van der Waals surface area contributed by atoms with Gasteiger partial charge in [-0.15, -0.1) is 0 Å². The lowest BCUT2D eigenvalue weighted by Crippen LogP contribution is -2.76. The van der Waals surface area contributed by atoms with Crippen LogP contribution < -0.4 is 5.32 Å². The first-order valence-electron chi connectivity index (χ1n) is 7.98. The summed E-state index contributed by atoms with van der Waals surface area (Å²) in [6.45, 7) is 8.75. The molecule has 1 heterocycles. The van der Waals surface area contributed by atoms with Crippen LogP contribution in [0.1, 0.15) is 50.9 Å². The average molecular weight is 323 g/mol. The third kappa shape index (κ3) is 2.85. The van der Waals surface area contributed by atoms with E-state index in [-0.39, 0.29) is 12.5 Å². The maximum atomic E-state index is 12.5. The molecule has 0 saturated heterocycles. The number of rotatable bonds is 7. The fourth-order valence-corrected chi connectivity index (χ4v) is 3.14. The Labute approximate surface area is 136 Å². The second-order valence-electron chi connectivity index (χ2n) is 6.53. The molecule has 0 aromatic carbocycles. The zero-order valence-electron chi connectivity index (χ0n) is 14.1. The van der Waals surface area contributed by atoms with E-state index in [4.69, 9.17) is 4.74 Å². The standard InChI is InChI=1S/C16H25N3O4/c1-5-7-19-10-11(9-17-19)13(20)18-16(14(21)22)8-12(23-6-2)15(16,3)4/h9-10,12H,5-8H2,1-4H3,(H,18,20)(H,21,22). The molecular formula is C16H25N3O4. The first-order valence-corrected chi connectivity index (χ1v) is 7.98. The molecule has 7 heteroatoms. The molecule has 2 rings (SSSR count). The minimum absolute atomic E-state index is 0.188. The van der Waals surface area contributed by atoms with Crippen LogP contribution in [0.25, 0.3) is 0 Å². The number of carboxylic acid groups (broad SMARTS) is 1. The molecule has 1 aromatic heterocycles. The van der Waals surface area contributed by atoms with E-state index in [0.29, 0.717) is 12.2 Å². The predicted octanol–water partition coefficient (Wildman–Crippen LogP) is 1.68. The molecule has 2 N–H and O–H groups in total. The number of aromatic nitrogens is 2. The third-order valence-electron chi connectivity index (χ3n) is 4.80. The fourth-order valence-electron chi connectivity index (χ4n) is 3.14. The number of hydrogen-bond acceptors (Lipinski definition) is 4. The Hall–Kier alpha value is -1.89. The molecule has 0 spiro atoms. The summed E-state index contributed by atoms with van der Waals surface area (Å²) in [4.78, 5) is 24.3. The van der Waals surface area contributed by atoms with Crippen molar-refractivity contribution in [3.8, 4) is 0 Å². The number of amides is 1. The SMILES string of the molecule is CCCn1cc(C(=O)NC2(C(=O)O)CC(OCC)C2(C)C)cn1. The van der Waals surface area contributed by atoms with Crippen LogP contribution in [-0.2, 0) is 16.1 Å². The van der Waals surface area contributed by atoms with Crippen LogP contribution in [0, 0.1) is 5.41 Å². The number of nitrogens with zero attached hydrogens (tertiary/aromatic N) is 2. The molecule has 1 aliphatic carbocycles. The molecule has 0 bridgehead atoms. The number of carbonyl (C=O) groups is 2. The van der Waals surface area contributed by atoms with Crippen molar-refractivity contribution in [3.63, 3.8) is 0 Å². The summed E-state index contributed by atoms with van der Waals surface area (Å²) in [6.07, 6.45) is 4.08. The number of aryl methyl sites for hydroxylation is 1. The summed E-state index contributed by atoms with van der Waals surface area (Å²) in [5.41, 5.74) is -1.64. The van der Waals surface area contributed by atoms with E-state index in [2.05, 4.69) is 10.4 Å². The van der Waals surface area contributed by atoms with Crippen LogP contribution in [-0.4, -0.2) is 45.0 Å². The first-order chi connectivity index (χ1) is 10.8. The molecule has 1 aromatic rings. The van der Waals surface area contributed by atoms with Crippen LogP contribution in [0.3, 0.4) is 0 Å². The predicted molar refractivity (Wildman–Crippen MR) is 84.2 cm³/mol. The Morgan fingerprint density at radius 1 is 1.48 bits per heavy atom. The molecule has 128 valence electrons. The summed E-state index contributed by atoms with van der Waals surface area (Å²) in [5.74, 6) is -1.45. The van der Waals surface area contributed by atoms with E-state index >= 15 is 0 Å². The van der Waals surface area contributed by atoms with Gasteiger partial charge in [0.25, 0.3) is 5.91 Å². The highest BCUT2D eigenvalue weighted by atomic mass is 16.5. The highest BCUT2D eigenvalue weighted by Gasteiger charge is 2.66. The summed E-state index contributed by atoms with van der Waals surface area (Å²) in [6, 6.07) is 0. The Balaban J connectivity index is 2.17. The molecule has 0 aliphatic heterocycles. The maximum absolute atomic E-state index is 12.5. The van der Waals surface area contributed by atoms with E-state index in [9.17, 15) is 14.7 Å². The van der Waals surface area contributed by atoms with Crippen LogP contribution in [0.4, 0.5) is 0 Å². The molecule has 2 unspecified atom stereocenters. The lowest BCUT2D eigenvalue weighted by atomic mass is 9.54. The lowest BCUT2D eigenvalue weighted by Gasteiger charge is -2.58. The van der Waals surface area contributed by atoms with Crippen molar-refractivity contribution in [2.45, 2.75) is 58.7 Å². The number of nitrogens with one attached hydrogen (secondary N) is 1. The minimum atomic E-state index is -1.32. The van der Waals surface area contributed by atoms with E-state index < -0.39 is 22.8 Å². The van der Waals surface area contributed by atoms with Crippen molar-refractivity contribution in [3.05, 3.63) is 18.0 Å². The van der Waals surface area contributed by atoms with Gasteiger partial charge >= 0.3 is 5.97 Å². The van der Waals surface area contributed by atoms with Crippen molar-refractivity contribution in [1.82, 2.24) is 15.1 Å². The summed E-state index contributed by atoms with van der Waals surface area (Å²) in [5, 5.41) is 16.5. The van der Waals surface area contributed by atoms with Crippen molar-refractivity contribution in [1.29, 1.82) is 0 Å². The zero-order valence-corrected chi connectivity index (χ0v) is 14.1. The van der Waals surface area contributed by atoms with Gasteiger partial charge in [0.1, 0.15) is 5.54 Å². The molecular weight excluding hydrogens is 298 g/mol. The quantitative estimate of drug-likeness (QED) is 0.796. The van der Waals surface area contributed by atoms with Gasteiger partial charge < -0.3 is 15.2 Å². The Kier molecular flexibility index (Phi) is 4.79. The molecule has 1 aliphatic rings. The van der Waals surface area contributed by atoms with Crippen molar-refractivity contribution < 1.29 is 19.4 Å². The number of aliphatic carboxylic acids is 1. The topological polar surface area (TPSA) is 93.5 Å². The van der Waals surface area contributed by atoms with Gasteiger partial charge in [-0.3, -0.25) is 9.48 Å². The Morgan fingerprint density at radius 2 is 2.17 bits per heavy atom. The van der Waals surface area contributed by atoms with Gasteiger partial charge in [0.2, 0.25) is 0 Å².